The van der Waals surface area contributed by atoms with Gasteiger partial charge in [-0.05, 0) is 44.2 Å². The van der Waals surface area contributed by atoms with Gasteiger partial charge >= 0.3 is 12.1 Å². The van der Waals surface area contributed by atoms with Crippen LogP contribution < -0.4 is 5.32 Å². The molecular weight excluding hydrogens is 373 g/mol. The Morgan fingerprint density at radius 1 is 1.14 bits per heavy atom. The third-order valence-corrected chi connectivity index (χ3v) is 5.99. The summed E-state index contributed by atoms with van der Waals surface area (Å²) in [7, 11) is 0. The highest BCUT2D eigenvalue weighted by Gasteiger charge is 2.63. The van der Waals surface area contributed by atoms with Crippen LogP contribution in [0.4, 0.5) is 13.2 Å². The van der Waals surface area contributed by atoms with E-state index in [1.807, 2.05) is 30.3 Å². The molecule has 3 rings (SSSR count). The monoisotopic (exact) mass is 398 g/mol. The molecule has 1 heterocycles. The van der Waals surface area contributed by atoms with E-state index in [0.717, 1.165) is 5.56 Å². The van der Waals surface area contributed by atoms with Crippen LogP contribution in [-0.4, -0.2) is 47.2 Å². The van der Waals surface area contributed by atoms with E-state index in [9.17, 15) is 22.8 Å². The zero-order valence-corrected chi connectivity index (χ0v) is 15.5. The van der Waals surface area contributed by atoms with E-state index in [0.29, 0.717) is 32.2 Å². The van der Waals surface area contributed by atoms with E-state index in [-0.39, 0.29) is 19.5 Å². The lowest BCUT2D eigenvalue weighted by molar-refractivity contribution is -0.218. The standard InChI is InChI=1S/C20H25F3N2O3/c21-20(22,23)19(10-11-25(13-19)12-14-4-2-1-3-5-14)18(28)24-16-8-6-15(7-9-16)17(26)27/h1-5,15-16H,6-13H2,(H,24,28)(H,26,27)/t15?,16?,19-/m1/s1. The van der Waals surface area contributed by atoms with Crippen molar-refractivity contribution in [2.75, 3.05) is 13.1 Å². The number of alkyl halides is 3. The Bertz CT molecular complexity index is 702. The molecule has 1 aromatic carbocycles. The highest BCUT2D eigenvalue weighted by atomic mass is 19.4. The van der Waals surface area contributed by atoms with Gasteiger partial charge in [0.25, 0.3) is 0 Å². The normalized spacial score (nSPS) is 28.8. The Morgan fingerprint density at radius 2 is 1.79 bits per heavy atom. The molecule has 1 aromatic rings. The van der Waals surface area contributed by atoms with Crippen molar-refractivity contribution in [1.82, 2.24) is 10.2 Å². The van der Waals surface area contributed by atoms with Crippen LogP contribution in [0.25, 0.3) is 0 Å². The van der Waals surface area contributed by atoms with Gasteiger partial charge in [0.1, 0.15) is 0 Å². The van der Waals surface area contributed by atoms with Crippen LogP contribution in [0.3, 0.4) is 0 Å². The molecule has 2 N–H and O–H groups in total. The van der Waals surface area contributed by atoms with Gasteiger partial charge in [0.05, 0.1) is 5.92 Å². The molecule has 1 aliphatic heterocycles. The second-order valence-electron chi connectivity index (χ2n) is 7.89. The minimum atomic E-state index is -4.64. The van der Waals surface area contributed by atoms with Crippen molar-refractivity contribution in [3.63, 3.8) is 0 Å². The molecule has 0 spiro atoms. The van der Waals surface area contributed by atoms with Gasteiger partial charge in [-0.2, -0.15) is 13.2 Å². The average molecular weight is 398 g/mol. The number of halogens is 3. The number of nitrogens with one attached hydrogen (secondary N) is 1. The van der Waals surface area contributed by atoms with Gasteiger partial charge in [-0.15, -0.1) is 0 Å². The molecule has 1 amide bonds. The number of carboxylic acid groups (broad SMARTS) is 1. The fourth-order valence-electron chi connectivity index (χ4n) is 4.22. The predicted molar refractivity (Wildman–Crippen MR) is 96.3 cm³/mol. The van der Waals surface area contributed by atoms with E-state index in [2.05, 4.69) is 5.32 Å². The number of likely N-dealkylation sites (tertiary alicyclic amines) is 1. The molecule has 154 valence electrons. The molecule has 1 atom stereocenters. The third kappa shape index (κ3) is 4.32. The molecule has 2 fully saturated rings. The molecule has 2 aliphatic rings. The maximum absolute atomic E-state index is 13.9. The van der Waals surface area contributed by atoms with Gasteiger partial charge < -0.3 is 10.4 Å². The maximum atomic E-state index is 13.9. The molecule has 5 nitrogen and oxygen atoms in total. The summed E-state index contributed by atoms with van der Waals surface area (Å²) < 4.78 is 41.8. The first-order chi connectivity index (χ1) is 13.2. The molecule has 1 saturated heterocycles. The summed E-state index contributed by atoms with van der Waals surface area (Å²) in [6, 6.07) is 8.83. The van der Waals surface area contributed by atoms with Crippen LogP contribution >= 0.6 is 0 Å². The number of carboxylic acids is 1. The molecule has 1 aliphatic carbocycles. The maximum Gasteiger partial charge on any atom is 0.404 e. The number of aliphatic carboxylic acids is 1. The summed E-state index contributed by atoms with van der Waals surface area (Å²) in [5.41, 5.74) is -1.50. The van der Waals surface area contributed by atoms with Crippen molar-refractivity contribution in [3.05, 3.63) is 35.9 Å². The van der Waals surface area contributed by atoms with Crippen LogP contribution in [0, 0.1) is 11.3 Å². The SMILES string of the molecule is O=C(O)C1CCC(NC(=O)[C@@]2(C(F)(F)F)CCN(Cc3ccccc3)C2)CC1. The number of hydrogen-bond donors (Lipinski definition) is 2. The Balaban J connectivity index is 1.65. The van der Waals surface area contributed by atoms with Crippen molar-refractivity contribution in [1.29, 1.82) is 0 Å². The van der Waals surface area contributed by atoms with Crippen LogP contribution in [0.5, 0.6) is 0 Å². The minimum absolute atomic E-state index is 0.202. The molecular formula is C20H25F3N2O3. The lowest BCUT2D eigenvalue weighted by Crippen LogP contribution is -2.55. The molecule has 0 bridgehead atoms. The van der Waals surface area contributed by atoms with Crippen LogP contribution in [0.15, 0.2) is 30.3 Å². The van der Waals surface area contributed by atoms with Crippen molar-refractivity contribution in [3.8, 4) is 0 Å². The van der Waals surface area contributed by atoms with Crippen molar-refractivity contribution in [2.45, 2.75) is 50.9 Å². The topological polar surface area (TPSA) is 69.6 Å². The number of amides is 1. The van der Waals surface area contributed by atoms with E-state index < -0.39 is 35.4 Å². The first-order valence-electron chi connectivity index (χ1n) is 9.58. The summed E-state index contributed by atoms with van der Waals surface area (Å²) in [4.78, 5) is 25.4. The Morgan fingerprint density at radius 3 is 2.36 bits per heavy atom. The second-order valence-corrected chi connectivity index (χ2v) is 7.89. The quantitative estimate of drug-likeness (QED) is 0.799. The predicted octanol–water partition coefficient (Wildman–Crippen LogP) is 3.20. The number of benzene rings is 1. The molecule has 28 heavy (non-hydrogen) atoms. The highest BCUT2D eigenvalue weighted by molar-refractivity contribution is 5.84. The smallest absolute Gasteiger partial charge is 0.404 e. The molecule has 0 aromatic heterocycles. The van der Waals surface area contributed by atoms with Gasteiger partial charge in [0.15, 0.2) is 5.41 Å². The summed E-state index contributed by atoms with van der Waals surface area (Å²) in [6.45, 7) is 0.213. The fourth-order valence-corrected chi connectivity index (χ4v) is 4.22. The zero-order chi connectivity index (χ0) is 20.4. The Hall–Kier alpha value is -2.09. The Kier molecular flexibility index (Phi) is 5.98. The minimum Gasteiger partial charge on any atom is -0.481 e. The number of carbonyl (C=O) groups excluding carboxylic acids is 1. The third-order valence-electron chi connectivity index (χ3n) is 5.99. The van der Waals surface area contributed by atoms with Gasteiger partial charge in [-0.1, -0.05) is 30.3 Å². The fraction of sp³-hybridized carbons (Fsp3) is 0.600. The molecule has 8 heteroatoms. The summed E-state index contributed by atoms with van der Waals surface area (Å²) in [5.74, 6) is -2.34. The van der Waals surface area contributed by atoms with Gasteiger partial charge in [-0.3, -0.25) is 14.5 Å². The number of rotatable bonds is 5. The molecule has 0 radical (unpaired) electrons. The van der Waals surface area contributed by atoms with E-state index in [4.69, 9.17) is 5.11 Å². The Labute approximate surface area is 161 Å². The first kappa shape index (κ1) is 20.6. The molecule has 0 unspecified atom stereocenters. The van der Waals surface area contributed by atoms with Crippen molar-refractivity contribution < 1.29 is 27.9 Å². The average Bonchev–Trinajstić information content (AvgIpc) is 3.08. The van der Waals surface area contributed by atoms with E-state index in [1.54, 1.807) is 4.90 Å². The number of carbonyl (C=O) groups is 2. The summed E-state index contributed by atoms with van der Waals surface area (Å²) in [6.07, 6.45) is -3.37. The summed E-state index contributed by atoms with van der Waals surface area (Å²) >= 11 is 0. The molecule has 1 saturated carbocycles. The van der Waals surface area contributed by atoms with E-state index in [1.165, 1.54) is 0 Å². The highest BCUT2D eigenvalue weighted by Crippen LogP contribution is 2.46. The van der Waals surface area contributed by atoms with Gasteiger partial charge in [0, 0.05) is 19.1 Å². The van der Waals surface area contributed by atoms with Gasteiger partial charge in [0.2, 0.25) is 5.91 Å². The number of hydrogen-bond acceptors (Lipinski definition) is 3. The first-order valence-corrected chi connectivity index (χ1v) is 9.58. The van der Waals surface area contributed by atoms with Crippen LogP contribution in [0.2, 0.25) is 0 Å². The largest absolute Gasteiger partial charge is 0.481 e. The van der Waals surface area contributed by atoms with E-state index >= 15 is 0 Å². The lowest BCUT2D eigenvalue weighted by atomic mass is 9.82. The zero-order valence-electron chi connectivity index (χ0n) is 15.5. The lowest BCUT2D eigenvalue weighted by Gasteiger charge is -2.34. The van der Waals surface area contributed by atoms with Crippen molar-refractivity contribution >= 4 is 11.9 Å². The number of nitrogens with zero attached hydrogens (tertiary/aromatic N) is 1. The van der Waals surface area contributed by atoms with Gasteiger partial charge in [-0.25, -0.2) is 0 Å². The van der Waals surface area contributed by atoms with Crippen LogP contribution in [0.1, 0.15) is 37.7 Å². The summed E-state index contributed by atoms with van der Waals surface area (Å²) in [5, 5.41) is 11.6. The second kappa shape index (κ2) is 8.11. The van der Waals surface area contributed by atoms with Crippen LogP contribution in [-0.2, 0) is 16.1 Å². The van der Waals surface area contributed by atoms with Crippen molar-refractivity contribution in [2.24, 2.45) is 11.3 Å².